The fourth-order valence-electron chi connectivity index (χ4n) is 3.34. The van der Waals surface area contributed by atoms with E-state index in [1.165, 1.54) is 30.4 Å². The van der Waals surface area contributed by atoms with Gasteiger partial charge in [0.05, 0.1) is 11.6 Å². The van der Waals surface area contributed by atoms with Gasteiger partial charge in [-0.15, -0.1) is 0 Å². The number of likely N-dealkylation sites (N-methyl/N-ethyl adjacent to an activating group) is 1. The zero-order valence-corrected chi connectivity index (χ0v) is 11.8. The lowest BCUT2D eigenvalue weighted by atomic mass is 9.76. The second-order valence-corrected chi connectivity index (χ2v) is 5.47. The predicted molar refractivity (Wildman–Crippen MR) is 75.8 cm³/mol. The number of hydrogen-bond acceptors (Lipinski definition) is 2. The van der Waals surface area contributed by atoms with E-state index in [0.29, 0.717) is 6.04 Å². The van der Waals surface area contributed by atoms with Gasteiger partial charge < -0.3 is 10.1 Å². The van der Waals surface area contributed by atoms with Gasteiger partial charge >= 0.3 is 0 Å². The summed E-state index contributed by atoms with van der Waals surface area (Å²) in [6.07, 6.45) is 6.21. The standard InChI is InChI=1S/C16H25NO/c1-13-8-7-9-14(12-13)15(17-2)16(18-3)10-5-4-6-11-16/h7-9,12,15,17H,4-6,10-11H2,1-3H3. The molecule has 0 saturated heterocycles. The fraction of sp³-hybridized carbons (Fsp3) is 0.625. The Morgan fingerprint density at radius 1 is 1.22 bits per heavy atom. The molecule has 0 radical (unpaired) electrons. The second kappa shape index (κ2) is 5.85. The SMILES string of the molecule is CNC(c1cccc(C)c1)C1(OC)CCCCC1. The van der Waals surface area contributed by atoms with Crippen LogP contribution in [0.5, 0.6) is 0 Å². The van der Waals surface area contributed by atoms with Crippen molar-refractivity contribution in [3.05, 3.63) is 35.4 Å². The molecule has 1 aromatic carbocycles. The third kappa shape index (κ3) is 2.60. The normalized spacial score (nSPS) is 20.6. The van der Waals surface area contributed by atoms with Gasteiger partial charge in [0, 0.05) is 7.11 Å². The van der Waals surface area contributed by atoms with Crippen LogP contribution in [0.1, 0.15) is 49.3 Å². The summed E-state index contributed by atoms with van der Waals surface area (Å²) in [5, 5.41) is 3.48. The summed E-state index contributed by atoms with van der Waals surface area (Å²) >= 11 is 0. The summed E-state index contributed by atoms with van der Waals surface area (Å²) < 4.78 is 5.96. The molecule has 0 spiro atoms. The molecule has 0 bridgehead atoms. The van der Waals surface area contributed by atoms with Crippen molar-refractivity contribution in [2.75, 3.05) is 14.2 Å². The van der Waals surface area contributed by atoms with Crippen molar-refractivity contribution in [2.24, 2.45) is 0 Å². The minimum Gasteiger partial charge on any atom is -0.376 e. The fourth-order valence-corrected chi connectivity index (χ4v) is 3.34. The molecule has 0 heterocycles. The lowest BCUT2D eigenvalue weighted by Crippen LogP contribution is -2.46. The molecule has 2 nitrogen and oxygen atoms in total. The van der Waals surface area contributed by atoms with E-state index >= 15 is 0 Å². The van der Waals surface area contributed by atoms with E-state index in [1.54, 1.807) is 0 Å². The van der Waals surface area contributed by atoms with Crippen LogP contribution in [0.3, 0.4) is 0 Å². The number of hydrogen-bond donors (Lipinski definition) is 1. The van der Waals surface area contributed by atoms with E-state index in [0.717, 1.165) is 12.8 Å². The van der Waals surface area contributed by atoms with Gasteiger partial charge in [0.15, 0.2) is 0 Å². The Morgan fingerprint density at radius 2 is 1.94 bits per heavy atom. The number of ether oxygens (including phenoxy) is 1. The highest BCUT2D eigenvalue weighted by atomic mass is 16.5. The lowest BCUT2D eigenvalue weighted by Gasteiger charge is -2.42. The van der Waals surface area contributed by atoms with Crippen LogP contribution in [0.2, 0.25) is 0 Å². The Morgan fingerprint density at radius 3 is 2.50 bits per heavy atom. The van der Waals surface area contributed by atoms with E-state index in [4.69, 9.17) is 4.74 Å². The van der Waals surface area contributed by atoms with Crippen LogP contribution in [0.25, 0.3) is 0 Å². The highest BCUT2D eigenvalue weighted by Crippen LogP contribution is 2.41. The summed E-state index contributed by atoms with van der Waals surface area (Å²) in [6.45, 7) is 2.15. The van der Waals surface area contributed by atoms with Crippen molar-refractivity contribution in [1.29, 1.82) is 0 Å². The molecule has 2 heteroatoms. The van der Waals surface area contributed by atoms with Gasteiger partial charge in [-0.3, -0.25) is 0 Å². The molecule has 0 aromatic heterocycles. The molecule has 1 aliphatic rings. The maximum absolute atomic E-state index is 5.96. The van der Waals surface area contributed by atoms with E-state index in [-0.39, 0.29) is 5.60 Å². The van der Waals surface area contributed by atoms with Crippen molar-refractivity contribution in [1.82, 2.24) is 5.32 Å². The molecule has 0 aliphatic heterocycles. The van der Waals surface area contributed by atoms with Crippen molar-refractivity contribution in [3.8, 4) is 0 Å². The highest BCUT2D eigenvalue weighted by molar-refractivity contribution is 5.27. The van der Waals surface area contributed by atoms with Crippen molar-refractivity contribution >= 4 is 0 Å². The molecule has 0 amide bonds. The van der Waals surface area contributed by atoms with Crippen LogP contribution in [0.15, 0.2) is 24.3 Å². The third-order valence-corrected chi connectivity index (χ3v) is 4.30. The number of benzene rings is 1. The summed E-state index contributed by atoms with van der Waals surface area (Å²) in [5.41, 5.74) is 2.64. The molecule has 1 fully saturated rings. The minimum absolute atomic E-state index is 0.0270. The Hall–Kier alpha value is -0.860. The molecule has 1 N–H and O–H groups in total. The maximum Gasteiger partial charge on any atom is 0.0872 e. The number of methoxy groups -OCH3 is 1. The summed E-state index contributed by atoms with van der Waals surface area (Å²) in [5.74, 6) is 0. The van der Waals surface area contributed by atoms with Gasteiger partial charge in [0.25, 0.3) is 0 Å². The molecule has 1 saturated carbocycles. The first-order chi connectivity index (χ1) is 8.72. The Kier molecular flexibility index (Phi) is 4.41. The summed E-state index contributed by atoms with van der Waals surface area (Å²) in [6, 6.07) is 9.07. The largest absolute Gasteiger partial charge is 0.376 e. The molecular formula is C16H25NO. The van der Waals surface area contributed by atoms with Crippen LogP contribution in [-0.2, 0) is 4.74 Å². The Labute approximate surface area is 111 Å². The van der Waals surface area contributed by atoms with Crippen LogP contribution in [0.4, 0.5) is 0 Å². The molecular weight excluding hydrogens is 222 g/mol. The second-order valence-electron chi connectivity index (χ2n) is 5.47. The van der Waals surface area contributed by atoms with Crippen LogP contribution in [-0.4, -0.2) is 19.8 Å². The quantitative estimate of drug-likeness (QED) is 0.877. The predicted octanol–water partition coefficient (Wildman–Crippen LogP) is 3.60. The van der Waals surface area contributed by atoms with Crippen LogP contribution >= 0.6 is 0 Å². The molecule has 1 unspecified atom stereocenters. The first kappa shape index (κ1) is 13.6. The van der Waals surface area contributed by atoms with Gasteiger partial charge in [-0.05, 0) is 32.4 Å². The van der Waals surface area contributed by atoms with Crippen molar-refractivity contribution < 1.29 is 4.74 Å². The van der Waals surface area contributed by atoms with Gasteiger partial charge in [0.1, 0.15) is 0 Å². The average Bonchev–Trinajstić information content (AvgIpc) is 2.41. The maximum atomic E-state index is 5.96. The van der Waals surface area contributed by atoms with E-state index in [9.17, 15) is 0 Å². The van der Waals surface area contributed by atoms with E-state index < -0.39 is 0 Å². The monoisotopic (exact) mass is 247 g/mol. The van der Waals surface area contributed by atoms with Crippen LogP contribution in [0, 0.1) is 6.92 Å². The molecule has 18 heavy (non-hydrogen) atoms. The summed E-state index contributed by atoms with van der Waals surface area (Å²) in [7, 11) is 3.91. The average molecular weight is 247 g/mol. The molecule has 1 atom stereocenters. The molecule has 1 aliphatic carbocycles. The zero-order chi connectivity index (χ0) is 13.0. The lowest BCUT2D eigenvalue weighted by molar-refractivity contribution is -0.0671. The Balaban J connectivity index is 2.31. The van der Waals surface area contributed by atoms with Crippen LogP contribution < -0.4 is 5.32 Å². The smallest absolute Gasteiger partial charge is 0.0872 e. The molecule has 2 rings (SSSR count). The number of aryl methyl sites for hydroxylation is 1. The van der Waals surface area contributed by atoms with Gasteiger partial charge in [-0.2, -0.15) is 0 Å². The number of nitrogens with one attached hydrogen (secondary N) is 1. The first-order valence-corrected chi connectivity index (χ1v) is 7.01. The van der Waals surface area contributed by atoms with E-state index in [1.807, 2.05) is 14.2 Å². The van der Waals surface area contributed by atoms with Gasteiger partial charge in [0.2, 0.25) is 0 Å². The molecule has 1 aromatic rings. The molecule has 100 valence electrons. The van der Waals surface area contributed by atoms with Crippen molar-refractivity contribution in [2.45, 2.75) is 50.7 Å². The minimum atomic E-state index is -0.0270. The zero-order valence-electron chi connectivity index (χ0n) is 11.8. The summed E-state index contributed by atoms with van der Waals surface area (Å²) in [4.78, 5) is 0. The topological polar surface area (TPSA) is 21.3 Å². The van der Waals surface area contributed by atoms with Gasteiger partial charge in [-0.1, -0.05) is 49.1 Å². The third-order valence-electron chi connectivity index (χ3n) is 4.30. The Bertz CT molecular complexity index is 382. The first-order valence-electron chi connectivity index (χ1n) is 7.01. The van der Waals surface area contributed by atoms with Gasteiger partial charge in [-0.25, -0.2) is 0 Å². The van der Waals surface area contributed by atoms with E-state index in [2.05, 4.69) is 36.5 Å². The highest BCUT2D eigenvalue weighted by Gasteiger charge is 2.40. The number of rotatable bonds is 4. The van der Waals surface area contributed by atoms with Crippen molar-refractivity contribution in [3.63, 3.8) is 0 Å².